The van der Waals surface area contributed by atoms with Gasteiger partial charge >= 0.3 is 0 Å². The largest absolute Gasteiger partial charge is 0.312 e. The third kappa shape index (κ3) is 4.60. The topological polar surface area (TPSA) is 71.1 Å². The van der Waals surface area contributed by atoms with E-state index in [-0.39, 0.29) is 12.1 Å². The predicted molar refractivity (Wildman–Crippen MR) is 94.0 cm³/mol. The van der Waals surface area contributed by atoms with Gasteiger partial charge in [-0.05, 0) is 19.4 Å². The Kier molecular flexibility index (Phi) is 5.11. The van der Waals surface area contributed by atoms with E-state index >= 15 is 0 Å². The van der Waals surface area contributed by atoms with E-state index in [0.717, 1.165) is 42.1 Å². The van der Waals surface area contributed by atoms with Crippen molar-refractivity contribution >= 4 is 21.4 Å². The minimum absolute atomic E-state index is 0.0689. The molecular weight excluding hydrogens is 330 g/mol. The summed E-state index contributed by atoms with van der Waals surface area (Å²) in [6, 6.07) is 10.1. The number of hydrogen-bond acceptors (Lipinski definition) is 5. The van der Waals surface area contributed by atoms with Gasteiger partial charge in [-0.25, -0.2) is 18.1 Å². The molecule has 23 heavy (non-hydrogen) atoms. The Balaban J connectivity index is 1.71. The van der Waals surface area contributed by atoms with Crippen molar-refractivity contribution in [2.24, 2.45) is 0 Å². The summed E-state index contributed by atoms with van der Waals surface area (Å²) in [4.78, 5) is 4.71. The number of nitrogens with zero attached hydrogens (tertiary/aromatic N) is 1. The number of benzene rings is 1. The van der Waals surface area contributed by atoms with Gasteiger partial charge in [0.1, 0.15) is 5.01 Å². The lowest BCUT2D eigenvalue weighted by atomic mass is 9.96. The Morgan fingerprint density at radius 3 is 2.87 bits per heavy atom. The fourth-order valence-corrected chi connectivity index (χ4v) is 4.59. The van der Waals surface area contributed by atoms with Crippen LogP contribution in [0.4, 0.5) is 0 Å². The summed E-state index contributed by atoms with van der Waals surface area (Å²) in [6.07, 6.45) is 3.79. The summed E-state index contributed by atoms with van der Waals surface area (Å²) in [5.41, 5.74) is 2.12. The molecule has 3 rings (SSSR count). The second-order valence-electron chi connectivity index (χ2n) is 5.91. The molecule has 2 N–H and O–H groups in total. The third-order valence-electron chi connectivity index (χ3n) is 3.95. The lowest BCUT2D eigenvalue weighted by molar-refractivity contribution is 0.328. The van der Waals surface area contributed by atoms with Gasteiger partial charge in [-0.2, -0.15) is 0 Å². The van der Waals surface area contributed by atoms with Crippen molar-refractivity contribution in [3.63, 3.8) is 0 Å². The predicted octanol–water partition coefficient (Wildman–Crippen LogP) is 2.02. The van der Waals surface area contributed by atoms with E-state index in [1.54, 1.807) is 11.3 Å². The molecule has 1 fully saturated rings. The van der Waals surface area contributed by atoms with E-state index in [1.165, 1.54) is 6.26 Å². The summed E-state index contributed by atoms with van der Waals surface area (Å²) in [5.74, 6) is 0. The van der Waals surface area contributed by atoms with Crippen molar-refractivity contribution < 1.29 is 8.42 Å². The lowest BCUT2D eigenvalue weighted by Gasteiger charge is -2.32. The van der Waals surface area contributed by atoms with Crippen molar-refractivity contribution in [2.75, 3.05) is 12.8 Å². The number of aromatic nitrogens is 1. The molecule has 0 saturated carbocycles. The van der Waals surface area contributed by atoms with Gasteiger partial charge in [0.25, 0.3) is 0 Å². The van der Waals surface area contributed by atoms with E-state index in [0.29, 0.717) is 0 Å². The van der Waals surface area contributed by atoms with Gasteiger partial charge < -0.3 is 5.32 Å². The molecule has 1 aliphatic rings. The van der Waals surface area contributed by atoms with Crippen LogP contribution in [-0.4, -0.2) is 38.3 Å². The summed E-state index contributed by atoms with van der Waals surface area (Å²) >= 11 is 1.63. The van der Waals surface area contributed by atoms with Gasteiger partial charge in [0, 0.05) is 29.4 Å². The van der Waals surface area contributed by atoms with Gasteiger partial charge in [0.15, 0.2) is 0 Å². The maximum absolute atomic E-state index is 11.5. The Morgan fingerprint density at radius 2 is 2.13 bits per heavy atom. The van der Waals surface area contributed by atoms with Crippen molar-refractivity contribution in [3.05, 3.63) is 41.4 Å². The van der Waals surface area contributed by atoms with Crippen LogP contribution < -0.4 is 10.0 Å². The molecule has 0 radical (unpaired) electrons. The van der Waals surface area contributed by atoms with Crippen molar-refractivity contribution in [3.8, 4) is 10.6 Å². The van der Waals surface area contributed by atoms with Crippen LogP contribution in [0.1, 0.15) is 18.5 Å². The van der Waals surface area contributed by atoms with Crippen LogP contribution in [0.5, 0.6) is 0 Å². The molecule has 0 amide bonds. The number of thiazole rings is 1. The van der Waals surface area contributed by atoms with Gasteiger partial charge in [0.05, 0.1) is 11.9 Å². The lowest BCUT2D eigenvalue weighted by Crippen LogP contribution is -2.54. The first kappa shape index (κ1) is 16.6. The molecule has 2 aromatic rings. The van der Waals surface area contributed by atoms with Gasteiger partial charge in [-0.3, -0.25) is 0 Å². The number of nitrogens with one attached hydrogen (secondary N) is 2. The molecule has 1 aromatic heterocycles. The molecule has 7 heteroatoms. The Morgan fingerprint density at radius 1 is 1.35 bits per heavy atom. The molecule has 0 aliphatic carbocycles. The summed E-state index contributed by atoms with van der Waals surface area (Å²) < 4.78 is 25.8. The van der Waals surface area contributed by atoms with Crippen LogP contribution in [-0.2, 0) is 16.4 Å². The molecule has 2 heterocycles. The second-order valence-corrected chi connectivity index (χ2v) is 8.55. The Labute approximate surface area is 141 Å². The molecular formula is C16H21N3O2S2. The molecule has 124 valence electrons. The highest BCUT2D eigenvalue weighted by Gasteiger charge is 2.27. The van der Waals surface area contributed by atoms with E-state index in [9.17, 15) is 8.42 Å². The fraction of sp³-hybridized carbons (Fsp3) is 0.438. The van der Waals surface area contributed by atoms with Crippen LogP contribution in [0.2, 0.25) is 0 Å². The number of rotatable bonds is 5. The molecule has 1 aliphatic heterocycles. The molecule has 0 spiro atoms. The summed E-state index contributed by atoms with van der Waals surface area (Å²) in [5, 5.41) is 6.50. The van der Waals surface area contributed by atoms with Crippen molar-refractivity contribution in [1.82, 2.24) is 15.0 Å². The quantitative estimate of drug-likeness (QED) is 0.865. The van der Waals surface area contributed by atoms with Crippen LogP contribution in [0.25, 0.3) is 10.6 Å². The summed E-state index contributed by atoms with van der Waals surface area (Å²) in [6.45, 7) is 0.919. The van der Waals surface area contributed by atoms with E-state index < -0.39 is 10.0 Å². The van der Waals surface area contributed by atoms with Crippen molar-refractivity contribution in [2.45, 2.75) is 31.3 Å². The highest BCUT2D eigenvalue weighted by molar-refractivity contribution is 7.88. The van der Waals surface area contributed by atoms with Crippen LogP contribution >= 0.6 is 11.3 Å². The average molecular weight is 351 g/mol. The number of piperidine rings is 1. The van der Waals surface area contributed by atoms with Gasteiger partial charge in [-0.15, -0.1) is 11.3 Å². The minimum atomic E-state index is -3.19. The first-order chi connectivity index (χ1) is 11.0. The molecule has 1 aromatic carbocycles. The minimum Gasteiger partial charge on any atom is -0.312 e. The maximum Gasteiger partial charge on any atom is 0.209 e. The zero-order chi connectivity index (χ0) is 16.3. The van der Waals surface area contributed by atoms with Crippen LogP contribution in [0.15, 0.2) is 35.7 Å². The highest BCUT2D eigenvalue weighted by atomic mass is 32.2. The normalized spacial score (nSPS) is 22.1. The Bertz CT molecular complexity index is 744. The smallest absolute Gasteiger partial charge is 0.209 e. The van der Waals surface area contributed by atoms with Crippen LogP contribution in [0, 0.1) is 0 Å². The second kappa shape index (κ2) is 7.09. The fourth-order valence-electron chi connectivity index (χ4n) is 2.92. The molecule has 0 unspecified atom stereocenters. The monoisotopic (exact) mass is 351 g/mol. The Hall–Kier alpha value is -1.28. The van der Waals surface area contributed by atoms with Crippen molar-refractivity contribution in [1.29, 1.82) is 0 Å². The van der Waals surface area contributed by atoms with Crippen LogP contribution in [0.3, 0.4) is 0 Å². The van der Waals surface area contributed by atoms with E-state index in [1.807, 2.05) is 18.2 Å². The highest BCUT2D eigenvalue weighted by Crippen LogP contribution is 2.24. The molecule has 0 bridgehead atoms. The third-order valence-corrected chi connectivity index (χ3v) is 5.62. The van der Waals surface area contributed by atoms with E-state index in [4.69, 9.17) is 4.98 Å². The first-order valence-electron chi connectivity index (χ1n) is 7.72. The van der Waals surface area contributed by atoms with Gasteiger partial charge in [-0.1, -0.05) is 30.3 Å². The molecule has 2 atom stereocenters. The maximum atomic E-state index is 11.5. The zero-order valence-corrected chi connectivity index (χ0v) is 14.7. The van der Waals surface area contributed by atoms with Gasteiger partial charge in [0.2, 0.25) is 10.0 Å². The zero-order valence-electron chi connectivity index (χ0n) is 13.0. The number of hydrogen-bond donors (Lipinski definition) is 2. The standard InChI is InChI=1S/C16H21N3O2S2/c1-23(20,21)19-14-8-5-9-17-15(14)10-13-11-22-16(18-13)12-6-3-2-4-7-12/h2-4,6-7,11,14-15,17,19H,5,8-10H2,1H3/t14-,15-/m1/s1. The summed E-state index contributed by atoms with van der Waals surface area (Å²) in [7, 11) is -3.19. The average Bonchev–Trinajstić information content (AvgIpc) is 2.97. The first-order valence-corrected chi connectivity index (χ1v) is 10.5. The SMILES string of the molecule is CS(=O)(=O)N[C@@H]1CCCN[C@@H]1Cc1csc(-c2ccccc2)n1. The number of sulfonamides is 1. The molecule has 5 nitrogen and oxygen atoms in total. The molecule has 1 saturated heterocycles. The van der Waals surface area contributed by atoms with E-state index in [2.05, 4.69) is 27.6 Å².